The largest absolute Gasteiger partial charge is 0.418 e. The SMILES string of the molecule is C.C1CCOC1.[C-]#[N+]c1ccc(N[C@@H](C(=O)NNC(=O)c2ccccc2)[C@H](C)O)c(CC)c1Cl.[C-]#[N+]c1ccc(N[C@@H](c2nnc(-c3ccccc3)o2)[C@H](C)O)c(CC)c1Cl. The molecule has 1 fully saturated rings. The summed E-state index contributed by atoms with van der Waals surface area (Å²) in [5.41, 5.74) is 9.28. The molecule has 1 saturated heterocycles. The fourth-order valence-corrected chi connectivity index (χ4v) is 6.59. The summed E-state index contributed by atoms with van der Waals surface area (Å²) in [5.74, 6) is -0.435. The van der Waals surface area contributed by atoms with Crippen molar-refractivity contribution < 1.29 is 29.0 Å². The molecule has 16 heteroatoms. The summed E-state index contributed by atoms with van der Waals surface area (Å²) >= 11 is 12.6. The van der Waals surface area contributed by atoms with Crippen LogP contribution in [0.4, 0.5) is 22.7 Å². The number of hydrogen-bond acceptors (Lipinski definition) is 10. The number of aliphatic hydroxyl groups is 2. The maximum Gasteiger partial charge on any atom is 0.269 e. The van der Waals surface area contributed by atoms with E-state index in [1.165, 1.54) is 19.8 Å². The number of benzene rings is 4. The van der Waals surface area contributed by atoms with E-state index in [-0.39, 0.29) is 13.3 Å². The third kappa shape index (κ3) is 13.8. The number of hydrazine groups is 1. The zero-order valence-corrected chi connectivity index (χ0v) is 35.2. The van der Waals surface area contributed by atoms with Crippen molar-refractivity contribution >= 4 is 57.8 Å². The highest BCUT2D eigenvalue weighted by molar-refractivity contribution is 6.35. The minimum atomic E-state index is -1.06. The summed E-state index contributed by atoms with van der Waals surface area (Å²) in [4.78, 5) is 31.4. The van der Waals surface area contributed by atoms with Crippen molar-refractivity contribution in [1.29, 1.82) is 0 Å². The van der Waals surface area contributed by atoms with E-state index in [9.17, 15) is 19.8 Å². The summed E-state index contributed by atoms with van der Waals surface area (Å²) in [6.07, 6.45) is 1.87. The second kappa shape index (κ2) is 24.9. The molecule has 0 spiro atoms. The second-order valence-corrected chi connectivity index (χ2v) is 14.2. The fraction of sp³-hybridized carbons (Fsp3) is 0.333. The molecule has 5 aromatic rings. The molecule has 2 heterocycles. The number of rotatable bonds is 12. The fourth-order valence-electron chi connectivity index (χ4n) is 5.91. The molecule has 6 rings (SSSR count). The van der Waals surface area contributed by atoms with Crippen LogP contribution in [0.5, 0.6) is 0 Å². The molecule has 1 aromatic heterocycles. The molecule has 4 aromatic carbocycles. The van der Waals surface area contributed by atoms with Crippen LogP contribution in [-0.2, 0) is 22.4 Å². The van der Waals surface area contributed by atoms with Gasteiger partial charge in [0.15, 0.2) is 0 Å². The molecule has 0 bridgehead atoms. The first-order valence-electron chi connectivity index (χ1n) is 19.3. The molecule has 1 aliphatic rings. The molecule has 2 amide bonds. The van der Waals surface area contributed by atoms with Gasteiger partial charge in [0.2, 0.25) is 23.2 Å². The molecule has 0 saturated carbocycles. The first-order valence-corrected chi connectivity index (χ1v) is 20.1. The van der Waals surface area contributed by atoms with Crippen molar-refractivity contribution in [3.05, 3.63) is 140 Å². The molecule has 0 aliphatic carbocycles. The molecule has 61 heavy (non-hydrogen) atoms. The van der Waals surface area contributed by atoms with Crippen LogP contribution in [0, 0.1) is 13.1 Å². The average molecular weight is 872 g/mol. The standard InChI is InChI=1S/C20H21ClN4O3.C20H19ClN4O2.C4H8O.CH4/c1-4-14-15(10-11-16(22-3)17(14)21)23-18(12(2)26)20(28)25-24-19(27)13-8-6-5-7-9-13;1-4-14-15(10-11-16(22-3)17(14)21)23-18(12(2)26)20-25-24-19(27-20)13-8-6-5-7-9-13;1-2-4-5-3-1;/h5-12,18,23,26H,4H2,1-2H3,(H,24,27)(H,25,28);5-12,18,23,26H,4H2,1-2H3;1-4H2;1H4/t2*12-,18+;;/m00../s1. The number of carbonyl (C=O) groups excluding carboxylic acids is 2. The lowest BCUT2D eigenvalue weighted by Crippen LogP contribution is -2.52. The molecular weight excluding hydrogens is 819 g/mol. The monoisotopic (exact) mass is 870 g/mol. The zero-order chi connectivity index (χ0) is 43.6. The molecular formula is C45H52Cl2N8O6. The molecule has 0 unspecified atom stereocenters. The predicted molar refractivity (Wildman–Crippen MR) is 240 cm³/mol. The number of aliphatic hydroxyl groups excluding tert-OH is 2. The van der Waals surface area contributed by atoms with Crippen LogP contribution in [0.1, 0.15) is 81.4 Å². The topological polar surface area (TPSA) is 180 Å². The average Bonchev–Trinajstić information content (AvgIpc) is 4.02. The van der Waals surface area contributed by atoms with Crippen LogP contribution in [0.15, 0.2) is 89.3 Å². The molecule has 6 N–H and O–H groups in total. The lowest BCUT2D eigenvalue weighted by Gasteiger charge is -2.24. The van der Waals surface area contributed by atoms with E-state index in [4.69, 9.17) is 45.5 Å². The number of nitrogens with zero attached hydrogens (tertiary/aromatic N) is 4. The smallest absolute Gasteiger partial charge is 0.269 e. The highest BCUT2D eigenvalue weighted by Crippen LogP contribution is 2.37. The Hall–Kier alpha value is -6.00. The van der Waals surface area contributed by atoms with Crippen molar-refractivity contribution in [1.82, 2.24) is 21.0 Å². The van der Waals surface area contributed by atoms with E-state index in [0.717, 1.165) is 30.0 Å². The number of amides is 2. The number of halogens is 2. The maximum absolute atomic E-state index is 12.5. The highest BCUT2D eigenvalue weighted by Gasteiger charge is 2.27. The van der Waals surface area contributed by atoms with Crippen LogP contribution < -0.4 is 21.5 Å². The lowest BCUT2D eigenvalue weighted by atomic mass is 10.1. The molecule has 4 atom stereocenters. The quantitative estimate of drug-likeness (QED) is 0.0522. The highest BCUT2D eigenvalue weighted by atomic mass is 35.5. The van der Waals surface area contributed by atoms with Gasteiger partial charge in [-0.3, -0.25) is 20.4 Å². The van der Waals surface area contributed by atoms with E-state index < -0.39 is 36.1 Å². The summed E-state index contributed by atoms with van der Waals surface area (Å²) < 4.78 is 10.7. The van der Waals surface area contributed by atoms with E-state index >= 15 is 0 Å². The Morgan fingerprint density at radius 3 is 1.74 bits per heavy atom. The van der Waals surface area contributed by atoms with Gasteiger partial charge >= 0.3 is 0 Å². The third-order valence-corrected chi connectivity index (χ3v) is 10.00. The minimum Gasteiger partial charge on any atom is -0.418 e. The predicted octanol–water partition coefficient (Wildman–Crippen LogP) is 9.55. The van der Waals surface area contributed by atoms with E-state index in [1.54, 1.807) is 61.5 Å². The zero-order valence-electron chi connectivity index (χ0n) is 33.7. The van der Waals surface area contributed by atoms with Crippen LogP contribution in [0.2, 0.25) is 10.0 Å². The Kier molecular flexibility index (Phi) is 20.2. The number of hydrogen-bond donors (Lipinski definition) is 6. The summed E-state index contributed by atoms with van der Waals surface area (Å²) in [7, 11) is 0. The Morgan fingerprint density at radius 1 is 0.754 bits per heavy atom. The van der Waals surface area contributed by atoms with Gasteiger partial charge in [0, 0.05) is 35.7 Å². The maximum atomic E-state index is 12.5. The minimum absolute atomic E-state index is 0. The Balaban J connectivity index is 0.000000287. The van der Waals surface area contributed by atoms with Gasteiger partial charge in [0.1, 0.15) is 12.1 Å². The van der Waals surface area contributed by atoms with Crippen molar-refractivity contribution in [3.63, 3.8) is 0 Å². The number of aromatic nitrogens is 2. The van der Waals surface area contributed by atoms with E-state index in [0.29, 0.717) is 57.0 Å². The first kappa shape index (κ1) is 49.4. The van der Waals surface area contributed by atoms with E-state index in [2.05, 4.69) is 41.4 Å². The second-order valence-electron chi connectivity index (χ2n) is 13.4. The van der Waals surface area contributed by atoms with Gasteiger partial charge < -0.3 is 30.0 Å². The van der Waals surface area contributed by atoms with Crippen LogP contribution in [0.25, 0.3) is 21.1 Å². The van der Waals surface area contributed by atoms with Gasteiger partial charge in [-0.05, 0) is 87.1 Å². The number of ether oxygens (including phenoxy) is 1. The molecule has 0 radical (unpaired) electrons. The van der Waals surface area contributed by atoms with Gasteiger partial charge in [-0.25, -0.2) is 9.69 Å². The molecule has 1 aliphatic heterocycles. The Labute approximate surface area is 367 Å². The van der Waals surface area contributed by atoms with Crippen LogP contribution >= 0.6 is 23.2 Å². The van der Waals surface area contributed by atoms with E-state index in [1.807, 2.05) is 44.2 Å². The van der Waals surface area contributed by atoms with Crippen LogP contribution in [-0.4, -0.2) is 63.7 Å². The van der Waals surface area contributed by atoms with Crippen LogP contribution in [0.3, 0.4) is 0 Å². The first-order chi connectivity index (χ1) is 28.9. The summed E-state index contributed by atoms with van der Waals surface area (Å²) in [6.45, 7) is 23.3. The summed E-state index contributed by atoms with van der Waals surface area (Å²) in [5, 5.41) is 35.4. The van der Waals surface area contributed by atoms with Gasteiger partial charge in [0.05, 0.1) is 35.4 Å². The lowest BCUT2D eigenvalue weighted by molar-refractivity contribution is -0.124. The van der Waals surface area contributed by atoms with Crippen molar-refractivity contribution in [2.45, 2.75) is 85.1 Å². The van der Waals surface area contributed by atoms with Gasteiger partial charge in [-0.15, -0.1) is 10.2 Å². The summed E-state index contributed by atoms with van der Waals surface area (Å²) in [6, 6.07) is 22.8. The van der Waals surface area contributed by atoms with Gasteiger partial charge in [0.25, 0.3) is 11.8 Å². The Bertz CT molecular complexity index is 2250. The molecule has 322 valence electrons. The third-order valence-electron chi connectivity index (χ3n) is 9.15. The van der Waals surface area contributed by atoms with Crippen molar-refractivity contribution in [2.75, 3.05) is 23.8 Å². The van der Waals surface area contributed by atoms with Crippen molar-refractivity contribution in [2.24, 2.45) is 0 Å². The van der Waals surface area contributed by atoms with Crippen molar-refractivity contribution in [3.8, 4) is 11.5 Å². The number of nitrogens with one attached hydrogen (secondary N) is 4. The molecule has 14 nitrogen and oxygen atoms in total. The number of carbonyl (C=O) groups is 2. The Morgan fingerprint density at radius 2 is 1.28 bits per heavy atom. The van der Waals surface area contributed by atoms with Gasteiger partial charge in [-0.1, -0.05) is 93.0 Å². The van der Waals surface area contributed by atoms with Gasteiger partial charge in [-0.2, -0.15) is 0 Å². The number of anilines is 2. The normalized spacial score (nSPS) is 13.4.